The molecule has 0 saturated carbocycles. The van der Waals surface area contributed by atoms with Gasteiger partial charge < -0.3 is 4.90 Å². The molecule has 7 aromatic rings. The van der Waals surface area contributed by atoms with Gasteiger partial charge in [0, 0.05) is 22.5 Å². The van der Waals surface area contributed by atoms with Gasteiger partial charge in [0.05, 0.1) is 0 Å². The van der Waals surface area contributed by atoms with Crippen molar-refractivity contribution in [1.29, 1.82) is 0 Å². The van der Waals surface area contributed by atoms with Gasteiger partial charge in [-0.25, -0.2) is 0 Å². The zero-order valence-corrected chi connectivity index (χ0v) is 39.9. The maximum atomic E-state index is 2.48. The molecule has 1 nitrogen and oxygen atoms in total. The zero-order chi connectivity index (χ0) is 44.6. The van der Waals surface area contributed by atoms with Crippen LogP contribution in [0.4, 0.5) is 17.1 Å². The highest BCUT2D eigenvalue weighted by molar-refractivity contribution is 5.87. The van der Waals surface area contributed by atoms with Gasteiger partial charge in [-0.2, -0.15) is 0 Å². The number of anilines is 3. The van der Waals surface area contributed by atoms with Gasteiger partial charge in [0.25, 0.3) is 0 Å². The quantitative estimate of drug-likeness (QED) is 0.162. The van der Waals surface area contributed by atoms with Crippen LogP contribution in [-0.2, 0) is 27.1 Å². The van der Waals surface area contributed by atoms with E-state index in [0.717, 1.165) is 5.69 Å². The molecule has 0 atom stereocenters. The summed E-state index contributed by atoms with van der Waals surface area (Å²) in [5, 5.41) is 0. The average Bonchev–Trinajstić information content (AvgIpc) is 3.45. The van der Waals surface area contributed by atoms with Crippen molar-refractivity contribution in [2.45, 2.75) is 124 Å². The molecule has 62 heavy (non-hydrogen) atoms. The summed E-state index contributed by atoms with van der Waals surface area (Å²) in [7, 11) is 0. The topological polar surface area (TPSA) is 3.24 Å². The first-order valence-corrected chi connectivity index (χ1v) is 22.7. The van der Waals surface area contributed by atoms with Crippen molar-refractivity contribution >= 4 is 17.1 Å². The first-order chi connectivity index (χ1) is 29.0. The highest BCUT2D eigenvalue weighted by Crippen LogP contribution is 2.51. The standard InChI is InChI=1S/C61H67N/c1-57(2,3)46-33-43(32-44(34-46)45-35-47(58(4,5)6)38-48(36-45)59(7,8)9)41-28-26-40(27-29-41)42-20-19-21-49(37-42)62(56-25-18-17-24-54(56)60(10,11)12)50-30-31-52-51-22-15-16-23-53(51)61(13,14)55(52)39-50/h15-39H,1-14H3. The Hall–Kier alpha value is -5.66. The molecule has 0 heterocycles. The first kappa shape index (κ1) is 43.0. The van der Waals surface area contributed by atoms with Crippen LogP contribution < -0.4 is 4.90 Å². The molecule has 0 aromatic heterocycles. The van der Waals surface area contributed by atoms with Crippen LogP contribution in [0.3, 0.4) is 0 Å². The fraction of sp³-hybridized carbons (Fsp3) is 0.311. The first-order valence-electron chi connectivity index (χ1n) is 22.7. The van der Waals surface area contributed by atoms with Gasteiger partial charge in [0.1, 0.15) is 0 Å². The SMILES string of the molecule is CC(C)(C)c1cc(-c2ccc(-c3cccc(N(c4ccc5c(c4)C(C)(C)c4ccccc4-5)c4ccccc4C(C)(C)C)c3)cc2)cc(-c2cc(C(C)(C)C)cc(C(C)(C)C)c2)c1. The predicted octanol–water partition coefficient (Wildman–Crippen LogP) is 17.7. The molecule has 0 aliphatic heterocycles. The summed E-state index contributed by atoms with van der Waals surface area (Å²) < 4.78 is 0. The minimum Gasteiger partial charge on any atom is -0.310 e. The third-order valence-corrected chi connectivity index (χ3v) is 13.2. The molecule has 316 valence electrons. The molecule has 7 aromatic carbocycles. The second kappa shape index (κ2) is 15.3. The molecule has 1 aliphatic rings. The normalized spacial score (nSPS) is 13.8. The fourth-order valence-electron chi connectivity index (χ4n) is 9.30. The summed E-state index contributed by atoms with van der Waals surface area (Å²) in [4.78, 5) is 2.48. The van der Waals surface area contributed by atoms with E-state index in [9.17, 15) is 0 Å². The largest absolute Gasteiger partial charge is 0.310 e. The Bertz CT molecular complexity index is 2750. The lowest BCUT2D eigenvalue weighted by molar-refractivity contribution is 0.569. The number of rotatable bonds is 6. The number of fused-ring (bicyclic) bond motifs is 3. The average molecular weight is 814 g/mol. The number of hydrogen-bond donors (Lipinski definition) is 0. The van der Waals surface area contributed by atoms with Gasteiger partial charge in [0.2, 0.25) is 0 Å². The molecule has 0 spiro atoms. The van der Waals surface area contributed by atoms with Gasteiger partial charge >= 0.3 is 0 Å². The van der Waals surface area contributed by atoms with E-state index in [4.69, 9.17) is 0 Å². The van der Waals surface area contributed by atoms with Crippen molar-refractivity contribution in [2.75, 3.05) is 4.90 Å². The van der Waals surface area contributed by atoms with Gasteiger partial charge in [-0.05, 0) is 136 Å². The van der Waals surface area contributed by atoms with Crippen molar-refractivity contribution < 1.29 is 0 Å². The molecule has 8 rings (SSSR count). The Kier molecular flexibility index (Phi) is 10.6. The Morgan fingerprint density at radius 3 is 1.42 bits per heavy atom. The molecular formula is C61H67N. The van der Waals surface area contributed by atoms with E-state index in [1.165, 1.54) is 89.3 Å². The van der Waals surface area contributed by atoms with E-state index in [2.05, 4.69) is 253 Å². The van der Waals surface area contributed by atoms with Crippen LogP contribution in [-0.4, -0.2) is 0 Å². The van der Waals surface area contributed by atoms with E-state index in [-0.39, 0.29) is 27.1 Å². The molecule has 0 N–H and O–H groups in total. The summed E-state index contributed by atoms with van der Waals surface area (Å²) in [6, 6.07) is 57.8. The lowest BCUT2D eigenvalue weighted by Gasteiger charge is -2.33. The lowest BCUT2D eigenvalue weighted by Crippen LogP contribution is -2.20. The molecule has 1 aliphatic carbocycles. The van der Waals surface area contributed by atoms with Crippen LogP contribution in [0.25, 0.3) is 44.5 Å². The molecule has 0 fully saturated rings. The number of para-hydroxylation sites is 1. The van der Waals surface area contributed by atoms with Gasteiger partial charge in [-0.1, -0.05) is 212 Å². The molecular weight excluding hydrogens is 747 g/mol. The van der Waals surface area contributed by atoms with Crippen LogP contribution in [0.2, 0.25) is 0 Å². The van der Waals surface area contributed by atoms with Crippen molar-refractivity contribution in [1.82, 2.24) is 0 Å². The second-order valence-electron chi connectivity index (χ2n) is 22.5. The fourth-order valence-corrected chi connectivity index (χ4v) is 9.30. The maximum absolute atomic E-state index is 2.48. The molecule has 0 bridgehead atoms. The Labute approximate surface area is 373 Å². The van der Waals surface area contributed by atoms with E-state index in [0.29, 0.717) is 0 Å². The van der Waals surface area contributed by atoms with Crippen LogP contribution in [0.5, 0.6) is 0 Å². The Morgan fingerprint density at radius 1 is 0.339 bits per heavy atom. The number of benzene rings is 7. The molecule has 1 heteroatoms. The maximum Gasteiger partial charge on any atom is 0.0498 e. The van der Waals surface area contributed by atoms with Crippen LogP contribution in [0, 0.1) is 0 Å². The number of nitrogens with zero attached hydrogens (tertiary/aromatic N) is 1. The second-order valence-corrected chi connectivity index (χ2v) is 22.5. The monoisotopic (exact) mass is 814 g/mol. The van der Waals surface area contributed by atoms with Crippen molar-refractivity contribution in [3.63, 3.8) is 0 Å². The van der Waals surface area contributed by atoms with Crippen molar-refractivity contribution in [3.8, 4) is 44.5 Å². The van der Waals surface area contributed by atoms with Crippen LogP contribution in [0.1, 0.15) is 130 Å². The van der Waals surface area contributed by atoms with E-state index in [1.807, 2.05) is 0 Å². The zero-order valence-electron chi connectivity index (χ0n) is 39.9. The van der Waals surface area contributed by atoms with E-state index < -0.39 is 0 Å². The summed E-state index contributed by atoms with van der Waals surface area (Å²) in [6.07, 6.45) is 0. The molecule has 0 unspecified atom stereocenters. The van der Waals surface area contributed by atoms with Crippen molar-refractivity contribution in [3.05, 3.63) is 185 Å². The summed E-state index contributed by atoms with van der Waals surface area (Å²) in [5.74, 6) is 0. The van der Waals surface area contributed by atoms with Gasteiger partial charge in [0.15, 0.2) is 0 Å². The van der Waals surface area contributed by atoms with Gasteiger partial charge in [-0.15, -0.1) is 0 Å². The highest BCUT2D eigenvalue weighted by atomic mass is 15.1. The van der Waals surface area contributed by atoms with Crippen LogP contribution in [0.15, 0.2) is 152 Å². The van der Waals surface area contributed by atoms with E-state index >= 15 is 0 Å². The van der Waals surface area contributed by atoms with Crippen LogP contribution >= 0.6 is 0 Å². The Morgan fingerprint density at radius 2 is 0.823 bits per heavy atom. The lowest BCUT2D eigenvalue weighted by atomic mass is 9.78. The van der Waals surface area contributed by atoms with Crippen molar-refractivity contribution in [2.24, 2.45) is 0 Å². The molecule has 0 saturated heterocycles. The van der Waals surface area contributed by atoms with E-state index in [1.54, 1.807) is 0 Å². The highest BCUT2D eigenvalue weighted by Gasteiger charge is 2.36. The molecule has 0 radical (unpaired) electrons. The van der Waals surface area contributed by atoms with Gasteiger partial charge in [-0.3, -0.25) is 0 Å². The smallest absolute Gasteiger partial charge is 0.0498 e. The summed E-state index contributed by atoms with van der Waals surface area (Å²) in [5.41, 5.74) is 21.7. The summed E-state index contributed by atoms with van der Waals surface area (Å²) in [6.45, 7) is 32.6. The Balaban J connectivity index is 1.21. The third-order valence-electron chi connectivity index (χ3n) is 13.2. The minimum absolute atomic E-state index is 0.00428. The number of hydrogen-bond acceptors (Lipinski definition) is 1. The third kappa shape index (κ3) is 8.20. The predicted molar refractivity (Wildman–Crippen MR) is 270 cm³/mol. The molecule has 0 amide bonds. The minimum atomic E-state index is -0.0975. The summed E-state index contributed by atoms with van der Waals surface area (Å²) >= 11 is 0.